The summed E-state index contributed by atoms with van der Waals surface area (Å²) < 4.78 is 42.6. The Morgan fingerprint density at radius 2 is 1.60 bits per heavy atom. The van der Waals surface area contributed by atoms with Crippen molar-refractivity contribution in [3.8, 4) is 0 Å². The zero-order chi connectivity index (χ0) is 25.2. The maximum Gasteiger partial charge on any atom is 0.264 e. The van der Waals surface area contributed by atoms with E-state index in [-0.39, 0.29) is 23.2 Å². The van der Waals surface area contributed by atoms with Crippen molar-refractivity contribution >= 4 is 38.9 Å². The van der Waals surface area contributed by atoms with Crippen LogP contribution < -0.4 is 9.21 Å². The second-order valence-electron chi connectivity index (χ2n) is 8.53. The van der Waals surface area contributed by atoms with Crippen LogP contribution >= 0.6 is 11.6 Å². The van der Waals surface area contributed by atoms with Gasteiger partial charge in [0.05, 0.1) is 16.3 Å². The number of nitrogens with zero attached hydrogens (tertiary/aromatic N) is 3. The highest BCUT2D eigenvalue weighted by Crippen LogP contribution is 2.31. The van der Waals surface area contributed by atoms with Crippen molar-refractivity contribution in [2.45, 2.75) is 18.7 Å². The molecule has 1 fully saturated rings. The van der Waals surface area contributed by atoms with Crippen LogP contribution in [0.25, 0.3) is 0 Å². The third-order valence-electron chi connectivity index (χ3n) is 6.22. The molecule has 1 amide bonds. The smallest absolute Gasteiger partial charge is 0.264 e. The van der Waals surface area contributed by atoms with Gasteiger partial charge in [0.15, 0.2) is 0 Å². The summed E-state index contributed by atoms with van der Waals surface area (Å²) in [7, 11) is -4.04. The molecule has 35 heavy (non-hydrogen) atoms. The van der Waals surface area contributed by atoms with Gasteiger partial charge in [0.2, 0.25) is 5.91 Å². The number of hydrogen-bond acceptors (Lipinski definition) is 4. The monoisotopic (exact) mass is 515 g/mol. The Hall–Kier alpha value is -3.10. The molecular weight excluding hydrogens is 489 g/mol. The molecule has 0 aromatic heterocycles. The molecule has 0 N–H and O–H groups in total. The van der Waals surface area contributed by atoms with Crippen LogP contribution in [-0.4, -0.2) is 51.9 Å². The van der Waals surface area contributed by atoms with Crippen LogP contribution in [0.4, 0.5) is 15.8 Å². The van der Waals surface area contributed by atoms with Gasteiger partial charge in [-0.2, -0.15) is 0 Å². The second kappa shape index (κ2) is 10.3. The molecule has 0 saturated carbocycles. The topological polar surface area (TPSA) is 60.9 Å². The van der Waals surface area contributed by atoms with Gasteiger partial charge in [-0.1, -0.05) is 47.5 Å². The first kappa shape index (κ1) is 25.0. The van der Waals surface area contributed by atoms with E-state index in [4.69, 9.17) is 11.6 Å². The number of carbonyl (C=O) groups excluding carboxylic acids is 1. The molecule has 6 nitrogen and oxygen atoms in total. The average molecular weight is 516 g/mol. The van der Waals surface area contributed by atoms with E-state index in [2.05, 4.69) is 0 Å². The van der Waals surface area contributed by atoms with Gasteiger partial charge in [0.25, 0.3) is 10.0 Å². The van der Waals surface area contributed by atoms with Gasteiger partial charge >= 0.3 is 0 Å². The molecule has 184 valence electrons. The maximum atomic E-state index is 14.2. The predicted octanol–water partition coefficient (Wildman–Crippen LogP) is 4.64. The van der Waals surface area contributed by atoms with Crippen molar-refractivity contribution < 1.29 is 17.6 Å². The second-order valence-corrected chi connectivity index (χ2v) is 10.8. The summed E-state index contributed by atoms with van der Waals surface area (Å²) in [5.41, 5.74) is 2.36. The molecule has 0 radical (unpaired) electrons. The lowest BCUT2D eigenvalue weighted by Crippen LogP contribution is -2.52. The van der Waals surface area contributed by atoms with E-state index in [1.807, 2.05) is 11.8 Å². The highest BCUT2D eigenvalue weighted by atomic mass is 35.5. The molecule has 4 rings (SSSR count). The van der Waals surface area contributed by atoms with Gasteiger partial charge in [0, 0.05) is 31.2 Å². The van der Waals surface area contributed by atoms with Crippen LogP contribution in [0.5, 0.6) is 0 Å². The molecular formula is C26H27ClFN3O3S. The predicted molar refractivity (Wildman–Crippen MR) is 137 cm³/mol. The number of carbonyl (C=O) groups is 1. The Morgan fingerprint density at radius 3 is 2.26 bits per heavy atom. The minimum Gasteiger partial charge on any atom is -0.366 e. The zero-order valence-corrected chi connectivity index (χ0v) is 21.2. The lowest BCUT2D eigenvalue weighted by atomic mass is 10.2. The summed E-state index contributed by atoms with van der Waals surface area (Å²) in [6, 6.07) is 18.1. The standard InChI is InChI=1S/C26H27ClFN3O3S/c1-19-10-12-21(13-11-19)35(33,34)31(24-9-5-6-22(27)20(24)2)18-26(32)30-16-14-29(15-17-30)25-8-4-3-7-23(25)28/h3-13H,14-18H2,1-2H3. The minimum absolute atomic E-state index is 0.0969. The van der Waals surface area contributed by atoms with E-state index in [9.17, 15) is 17.6 Å². The Kier molecular flexibility index (Phi) is 7.33. The summed E-state index contributed by atoms with van der Waals surface area (Å²) in [5.74, 6) is -0.632. The highest BCUT2D eigenvalue weighted by Gasteiger charge is 2.31. The molecule has 9 heteroatoms. The molecule has 1 aliphatic rings. The average Bonchev–Trinajstić information content (AvgIpc) is 2.85. The number of hydrogen-bond donors (Lipinski definition) is 0. The number of anilines is 2. The van der Waals surface area contributed by atoms with Gasteiger partial charge in [0.1, 0.15) is 12.4 Å². The molecule has 0 aliphatic carbocycles. The van der Waals surface area contributed by atoms with E-state index >= 15 is 0 Å². The quantitative estimate of drug-likeness (QED) is 0.480. The lowest BCUT2D eigenvalue weighted by Gasteiger charge is -2.37. The Morgan fingerprint density at radius 1 is 0.943 bits per heavy atom. The van der Waals surface area contributed by atoms with Crippen molar-refractivity contribution in [2.24, 2.45) is 0 Å². The molecule has 0 atom stereocenters. The Labute approximate surface area is 210 Å². The molecule has 3 aromatic rings. The van der Waals surface area contributed by atoms with Crippen molar-refractivity contribution in [1.82, 2.24) is 4.90 Å². The first-order valence-electron chi connectivity index (χ1n) is 11.3. The van der Waals surface area contributed by atoms with E-state index in [1.54, 1.807) is 60.4 Å². The van der Waals surface area contributed by atoms with Crippen molar-refractivity contribution in [3.63, 3.8) is 0 Å². The summed E-state index contributed by atoms with van der Waals surface area (Å²) in [5, 5.41) is 0.414. The van der Waals surface area contributed by atoms with E-state index in [0.717, 1.165) is 9.87 Å². The van der Waals surface area contributed by atoms with Gasteiger partial charge in [-0.05, 0) is 55.8 Å². The summed E-state index contributed by atoms with van der Waals surface area (Å²) >= 11 is 6.29. The molecule has 0 bridgehead atoms. The van der Waals surface area contributed by atoms with Crippen LogP contribution in [0, 0.1) is 19.7 Å². The van der Waals surface area contributed by atoms with Crippen molar-refractivity contribution in [1.29, 1.82) is 0 Å². The van der Waals surface area contributed by atoms with Crippen LogP contribution in [0.3, 0.4) is 0 Å². The van der Waals surface area contributed by atoms with Crippen LogP contribution in [0.15, 0.2) is 71.6 Å². The van der Waals surface area contributed by atoms with Crippen LogP contribution in [0.1, 0.15) is 11.1 Å². The number of sulfonamides is 1. The van der Waals surface area contributed by atoms with Crippen molar-refractivity contribution in [2.75, 3.05) is 41.9 Å². The third kappa shape index (κ3) is 5.28. The van der Waals surface area contributed by atoms with E-state index in [0.29, 0.717) is 48.1 Å². The number of aryl methyl sites for hydroxylation is 1. The fraction of sp³-hybridized carbons (Fsp3) is 0.269. The molecule has 0 unspecified atom stereocenters. The number of piperazine rings is 1. The number of para-hydroxylation sites is 1. The summed E-state index contributed by atoms with van der Waals surface area (Å²) in [4.78, 5) is 16.9. The fourth-order valence-corrected chi connectivity index (χ4v) is 5.77. The molecule has 3 aromatic carbocycles. The number of halogens is 2. The fourth-order valence-electron chi connectivity index (χ4n) is 4.13. The Bertz CT molecular complexity index is 1320. The summed E-state index contributed by atoms with van der Waals surface area (Å²) in [6.07, 6.45) is 0. The highest BCUT2D eigenvalue weighted by molar-refractivity contribution is 7.92. The normalized spacial score (nSPS) is 14.2. The lowest BCUT2D eigenvalue weighted by molar-refractivity contribution is -0.129. The van der Waals surface area contributed by atoms with Crippen LogP contribution in [0.2, 0.25) is 5.02 Å². The maximum absolute atomic E-state index is 14.2. The molecule has 1 saturated heterocycles. The zero-order valence-electron chi connectivity index (χ0n) is 19.6. The Balaban J connectivity index is 1.58. The number of benzene rings is 3. The van der Waals surface area contributed by atoms with Gasteiger partial charge in [-0.3, -0.25) is 9.10 Å². The molecule has 0 spiro atoms. The van der Waals surface area contributed by atoms with Crippen molar-refractivity contribution in [3.05, 3.63) is 88.7 Å². The van der Waals surface area contributed by atoms with Gasteiger partial charge in [-0.25, -0.2) is 12.8 Å². The number of rotatable bonds is 6. The molecule has 1 heterocycles. The van der Waals surface area contributed by atoms with Gasteiger partial charge in [-0.15, -0.1) is 0 Å². The van der Waals surface area contributed by atoms with E-state index < -0.39 is 10.0 Å². The first-order valence-corrected chi connectivity index (χ1v) is 13.1. The minimum atomic E-state index is -4.04. The largest absolute Gasteiger partial charge is 0.366 e. The third-order valence-corrected chi connectivity index (χ3v) is 8.40. The van der Waals surface area contributed by atoms with E-state index in [1.165, 1.54) is 18.2 Å². The number of amides is 1. The molecule has 1 aliphatic heterocycles. The SMILES string of the molecule is Cc1ccc(S(=O)(=O)N(CC(=O)N2CCN(c3ccccc3F)CC2)c2cccc(Cl)c2C)cc1. The first-order chi connectivity index (χ1) is 16.7. The van der Waals surface area contributed by atoms with Gasteiger partial charge < -0.3 is 9.80 Å². The summed E-state index contributed by atoms with van der Waals surface area (Å²) in [6.45, 7) is 4.87. The van der Waals surface area contributed by atoms with Crippen LogP contribution in [-0.2, 0) is 14.8 Å².